The number of rotatable bonds is 4. The van der Waals surface area contributed by atoms with Gasteiger partial charge >= 0.3 is 0 Å². The van der Waals surface area contributed by atoms with Crippen LogP contribution in [0.15, 0.2) is 46.9 Å². The van der Waals surface area contributed by atoms with E-state index in [0.29, 0.717) is 22.1 Å². The first-order chi connectivity index (χ1) is 9.60. The van der Waals surface area contributed by atoms with Gasteiger partial charge in [0.05, 0.1) is 0 Å². The summed E-state index contributed by atoms with van der Waals surface area (Å²) in [5, 5.41) is 5.68. The van der Waals surface area contributed by atoms with Crippen LogP contribution in [0.25, 0.3) is 0 Å². The second-order valence-corrected chi connectivity index (χ2v) is 5.16. The van der Waals surface area contributed by atoms with Gasteiger partial charge in [-0.15, -0.1) is 0 Å². The molecule has 2 N–H and O–H groups in total. The molecular formula is C15H14BrFN2O. The number of nitrogens with one attached hydrogen (secondary N) is 2. The summed E-state index contributed by atoms with van der Waals surface area (Å²) in [6.07, 6.45) is 0. The number of benzene rings is 2. The van der Waals surface area contributed by atoms with Gasteiger partial charge in [-0.3, -0.25) is 4.79 Å². The average Bonchev–Trinajstić information content (AvgIpc) is 2.46. The molecule has 0 heterocycles. The highest BCUT2D eigenvalue weighted by molar-refractivity contribution is 9.10. The van der Waals surface area contributed by atoms with Crippen molar-refractivity contribution in [1.29, 1.82) is 0 Å². The van der Waals surface area contributed by atoms with E-state index in [1.807, 2.05) is 0 Å². The molecule has 0 saturated heterocycles. The number of amides is 1. The molecular weight excluding hydrogens is 323 g/mol. The Hall–Kier alpha value is -1.88. The summed E-state index contributed by atoms with van der Waals surface area (Å²) in [5.41, 5.74) is 2.01. The number of carbonyl (C=O) groups is 1. The molecule has 0 radical (unpaired) electrons. The molecule has 0 fully saturated rings. The van der Waals surface area contributed by atoms with Crippen LogP contribution in [-0.2, 0) is 6.54 Å². The fourth-order valence-corrected chi connectivity index (χ4v) is 2.08. The summed E-state index contributed by atoms with van der Waals surface area (Å²) in [5.74, 6) is -0.385. The number of hydrogen-bond acceptors (Lipinski definition) is 2. The average molecular weight is 337 g/mol. The predicted molar refractivity (Wildman–Crippen MR) is 81.3 cm³/mol. The minimum Gasteiger partial charge on any atom is -0.381 e. The van der Waals surface area contributed by atoms with Crippen molar-refractivity contribution in [3.63, 3.8) is 0 Å². The Bertz CT molecular complexity index is 614. The number of hydrogen-bond donors (Lipinski definition) is 2. The Labute approximate surface area is 125 Å². The highest BCUT2D eigenvalue weighted by Gasteiger charge is 2.04. The third-order valence-electron chi connectivity index (χ3n) is 2.87. The summed E-state index contributed by atoms with van der Waals surface area (Å²) in [7, 11) is 1.59. The Morgan fingerprint density at radius 3 is 2.50 bits per heavy atom. The van der Waals surface area contributed by atoms with Crippen LogP contribution in [0.3, 0.4) is 0 Å². The first-order valence-corrected chi connectivity index (χ1v) is 6.89. The maximum atomic E-state index is 13.6. The fraction of sp³-hybridized carbons (Fsp3) is 0.133. The maximum Gasteiger partial charge on any atom is 0.251 e. The molecule has 2 rings (SSSR count). The van der Waals surface area contributed by atoms with Crippen molar-refractivity contribution in [2.45, 2.75) is 6.54 Å². The van der Waals surface area contributed by atoms with Crippen molar-refractivity contribution in [2.24, 2.45) is 0 Å². The monoisotopic (exact) mass is 336 g/mol. The van der Waals surface area contributed by atoms with Crippen molar-refractivity contribution in [3.05, 3.63) is 63.9 Å². The standard InChI is InChI=1S/C15H14BrFN2O/c1-18-15(20)10-3-6-13(7-4-10)19-9-11-2-5-12(16)8-14(11)17/h2-8,19H,9H2,1H3,(H,18,20). The van der Waals surface area contributed by atoms with Crippen LogP contribution >= 0.6 is 15.9 Å². The van der Waals surface area contributed by atoms with E-state index < -0.39 is 0 Å². The second-order valence-electron chi connectivity index (χ2n) is 4.25. The SMILES string of the molecule is CNC(=O)c1ccc(NCc2ccc(Br)cc2F)cc1. The zero-order valence-electron chi connectivity index (χ0n) is 10.9. The van der Waals surface area contributed by atoms with E-state index >= 15 is 0 Å². The second kappa shape index (κ2) is 6.52. The van der Waals surface area contributed by atoms with Crippen molar-refractivity contribution in [3.8, 4) is 0 Å². The molecule has 2 aromatic carbocycles. The number of carbonyl (C=O) groups excluding carboxylic acids is 1. The van der Waals surface area contributed by atoms with Crippen LogP contribution in [0.2, 0.25) is 0 Å². The molecule has 5 heteroatoms. The first kappa shape index (κ1) is 14.5. The summed E-state index contributed by atoms with van der Waals surface area (Å²) >= 11 is 3.22. The molecule has 104 valence electrons. The Balaban J connectivity index is 2.02. The molecule has 0 aliphatic heterocycles. The molecule has 0 spiro atoms. The van der Waals surface area contributed by atoms with Gasteiger partial charge in [0, 0.05) is 34.9 Å². The van der Waals surface area contributed by atoms with Gasteiger partial charge in [-0.25, -0.2) is 4.39 Å². The van der Waals surface area contributed by atoms with E-state index in [4.69, 9.17) is 0 Å². The van der Waals surface area contributed by atoms with E-state index in [2.05, 4.69) is 26.6 Å². The van der Waals surface area contributed by atoms with Gasteiger partial charge < -0.3 is 10.6 Å². The van der Waals surface area contributed by atoms with Crippen LogP contribution in [-0.4, -0.2) is 13.0 Å². The number of halogens is 2. The molecule has 0 unspecified atom stereocenters. The van der Waals surface area contributed by atoms with Crippen LogP contribution in [0.4, 0.5) is 10.1 Å². The highest BCUT2D eigenvalue weighted by Crippen LogP contribution is 2.17. The lowest BCUT2D eigenvalue weighted by Crippen LogP contribution is -2.17. The lowest BCUT2D eigenvalue weighted by molar-refractivity contribution is 0.0963. The van der Waals surface area contributed by atoms with E-state index in [0.717, 1.165) is 5.69 Å². The van der Waals surface area contributed by atoms with Crippen LogP contribution in [0.1, 0.15) is 15.9 Å². The molecule has 2 aromatic rings. The van der Waals surface area contributed by atoms with Gasteiger partial charge in [0.15, 0.2) is 0 Å². The van der Waals surface area contributed by atoms with Crippen LogP contribution in [0.5, 0.6) is 0 Å². The molecule has 0 aliphatic rings. The highest BCUT2D eigenvalue weighted by atomic mass is 79.9. The quantitative estimate of drug-likeness (QED) is 0.896. The van der Waals surface area contributed by atoms with Crippen molar-refractivity contribution >= 4 is 27.5 Å². The number of anilines is 1. The van der Waals surface area contributed by atoms with E-state index in [-0.39, 0.29) is 11.7 Å². The van der Waals surface area contributed by atoms with Gasteiger partial charge in [0.25, 0.3) is 5.91 Å². The summed E-state index contributed by atoms with van der Waals surface area (Å²) in [6, 6.07) is 12.0. The molecule has 0 aliphatic carbocycles. The molecule has 3 nitrogen and oxygen atoms in total. The maximum absolute atomic E-state index is 13.6. The third-order valence-corrected chi connectivity index (χ3v) is 3.37. The van der Waals surface area contributed by atoms with Gasteiger partial charge in [0.2, 0.25) is 0 Å². The van der Waals surface area contributed by atoms with Gasteiger partial charge in [-0.05, 0) is 36.4 Å². The Morgan fingerprint density at radius 1 is 1.20 bits per heavy atom. The van der Waals surface area contributed by atoms with Gasteiger partial charge in [-0.1, -0.05) is 22.0 Å². The van der Waals surface area contributed by atoms with Crippen molar-refractivity contribution in [2.75, 3.05) is 12.4 Å². The van der Waals surface area contributed by atoms with Gasteiger partial charge in [-0.2, -0.15) is 0 Å². The lowest BCUT2D eigenvalue weighted by atomic mass is 10.1. The molecule has 1 amide bonds. The minimum atomic E-state index is -0.256. The van der Waals surface area contributed by atoms with Crippen molar-refractivity contribution < 1.29 is 9.18 Å². The molecule has 0 aromatic heterocycles. The normalized spacial score (nSPS) is 10.2. The summed E-state index contributed by atoms with van der Waals surface area (Å²) in [4.78, 5) is 11.4. The molecule has 20 heavy (non-hydrogen) atoms. The van der Waals surface area contributed by atoms with E-state index in [1.165, 1.54) is 6.07 Å². The molecule has 0 bridgehead atoms. The van der Waals surface area contributed by atoms with Crippen molar-refractivity contribution in [1.82, 2.24) is 5.32 Å². The zero-order chi connectivity index (χ0) is 14.5. The zero-order valence-corrected chi connectivity index (χ0v) is 12.5. The van der Waals surface area contributed by atoms with E-state index in [1.54, 1.807) is 43.4 Å². The minimum absolute atomic E-state index is 0.129. The predicted octanol–water partition coefficient (Wildman–Crippen LogP) is 3.56. The topological polar surface area (TPSA) is 41.1 Å². The largest absolute Gasteiger partial charge is 0.381 e. The summed E-state index contributed by atoms with van der Waals surface area (Å²) < 4.78 is 14.4. The lowest BCUT2D eigenvalue weighted by Gasteiger charge is -2.08. The molecule has 0 atom stereocenters. The first-order valence-electron chi connectivity index (χ1n) is 6.10. The Morgan fingerprint density at radius 2 is 1.90 bits per heavy atom. The van der Waals surface area contributed by atoms with Gasteiger partial charge in [0.1, 0.15) is 5.82 Å². The summed E-state index contributed by atoms with van der Waals surface area (Å²) in [6.45, 7) is 0.387. The molecule has 0 saturated carbocycles. The van der Waals surface area contributed by atoms with Crippen LogP contribution in [0, 0.1) is 5.82 Å². The van der Waals surface area contributed by atoms with Crippen LogP contribution < -0.4 is 10.6 Å². The Kier molecular flexibility index (Phi) is 4.74. The fourth-order valence-electron chi connectivity index (χ4n) is 1.75. The smallest absolute Gasteiger partial charge is 0.251 e. The third kappa shape index (κ3) is 3.57. The van der Waals surface area contributed by atoms with E-state index in [9.17, 15) is 9.18 Å².